The molecule has 6 heteroatoms. The van der Waals surface area contributed by atoms with Gasteiger partial charge in [-0.25, -0.2) is 0 Å². The monoisotopic (exact) mass is 309 g/mol. The van der Waals surface area contributed by atoms with Crippen LogP contribution in [-0.2, 0) is 0 Å². The summed E-state index contributed by atoms with van der Waals surface area (Å²) in [6.07, 6.45) is 7.39. The topological polar surface area (TPSA) is 45.2 Å². The van der Waals surface area contributed by atoms with Crippen molar-refractivity contribution >= 4 is 23.5 Å². The van der Waals surface area contributed by atoms with Crippen molar-refractivity contribution in [3.8, 4) is 0 Å². The van der Waals surface area contributed by atoms with Gasteiger partial charge in [0.2, 0.25) is 17.2 Å². The molecule has 0 amide bonds. The van der Waals surface area contributed by atoms with Crippen LogP contribution in [0.4, 0.5) is 11.9 Å². The molecule has 21 heavy (non-hydrogen) atoms. The second-order valence-corrected chi connectivity index (χ2v) is 6.76. The fourth-order valence-corrected chi connectivity index (χ4v) is 3.49. The van der Waals surface area contributed by atoms with Crippen LogP contribution < -0.4 is 9.80 Å². The van der Waals surface area contributed by atoms with Crippen LogP contribution in [0.5, 0.6) is 0 Å². The van der Waals surface area contributed by atoms with Crippen LogP contribution in [0.3, 0.4) is 0 Å². The summed E-state index contributed by atoms with van der Waals surface area (Å²) in [4.78, 5) is 17.7. The molecule has 116 valence electrons. The smallest absolute Gasteiger partial charge is 0.231 e. The van der Waals surface area contributed by atoms with E-state index in [1.807, 2.05) is 0 Å². The number of hydrogen-bond acceptors (Lipinski definition) is 5. The van der Waals surface area contributed by atoms with Crippen LogP contribution in [0.2, 0.25) is 5.28 Å². The third-order valence-electron chi connectivity index (χ3n) is 4.82. The number of hydrogen-bond donors (Lipinski definition) is 0. The fraction of sp³-hybridized carbons (Fsp3) is 0.800. The van der Waals surface area contributed by atoms with E-state index in [-0.39, 0.29) is 0 Å². The summed E-state index contributed by atoms with van der Waals surface area (Å²) in [5.74, 6) is 2.30. The molecule has 0 bridgehead atoms. The lowest BCUT2D eigenvalue weighted by Crippen LogP contribution is -2.36. The number of anilines is 2. The standard InChI is InChI=1S/C15H24ClN5/c1-11-5-7-12(8-6-11)20(2)14-17-13(16)18-15(19-14)21-9-3-4-10-21/h11-12H,3-10H2,1-2H3. The number of aromatic nitrogens is 3. The van der Waals surface area contributed by atoms with Crippen molar-refractivity contribution in [2.75, 3.05) is 29.9 Å². The van der Waals surface area contributed by atoms with Gasteiger partial charge in [0.15, 0.2) is 0 Å². The van der Waals surface area contributed by atoms with Gasteiger partial charge in [0.05, 0.1) is 0 Å². The van der Waals surface area contributed by atoms with Crippen LogP contribution in [0.1, 0.15) is 45.4 Å². The molecule has 2 fully saturated rings. The van der Waals surface area contributed by atoms with Crippen LogP contribution >= 0.6 is 11.6 Å². The molecule has 0 radical (unpaired) electrons. The quantitative estimate of drug-likeness (QED) is 0.858. The second kappa shape index (κ2) is 6.34. The largest absolute Gasteiger partial charge is 0.341 e. The van der Waals surface area contributed by atoms with E-state index in [1.54, 1.807) is 0 Å². The van der Waals surface area contributed by atoms with Crippen molar-refractivity contribution in [2.45, 2.75) is 51.5 Å². The van der Waals surface area contributed by atoms with Crippen molar-refractivity contribution < 1.29 is 0 Å². The number of rotatable bonds is 3. The molecule has 2 aliphatic rings. The first-order chi connectivity index (χ1) is 10.1. The van der Waals surface area contributed by atoms with Crippen LogP contribution in [-0.4, -0.2) is 41.1 Å². The van der Waals surface area contributed by atoms with Gasteiger partial charge in [0.1, 0.15) is 0 Å². The summed E-state index contributed by atoms with van der Waals surface area (Å²) in [5, 5.41) is 0.304. The maximum atomic E-state index is 6.12. The van der Waals surface area contributed by atoms with Gasteiger partial charge in [-0.1, -0.05) is 6.92 Å². The lowest BCUT2D eigenvalue weighted by Gasteiger charge is -2.33. The molecule has 1 saturated heterocycles. The van der Waals surface area contributed by atoms with E-state index in [0.29, 0.717) is 11.3 Å². The predicted molar refractivity (Wildman–Crippen MR) is 86.1 cm³/mol. The van der Waals surface area contributed by atoms with Crippen molar-refractivity contribution in [3.05, 3.63) is 5.28 Å². The molecule has 1 aromatic rings. The van der Waals surface area contributed by atoms with Gasteiger partial charge >= 0.3 is 0 Å². The van der Waals surface area contributed by atoms with E-state index in [1.165, 1.54) is 38.5 Å². The average molecular weight is 310 g/mol. The van der Waals surface area contributed by atoms with Gasteiger partial charge in [-0.2, -0.15) is 15.0 Å². The number of halogens is 1. The summed E-state index contributed by atoms with van der Waals surface area (Å²) in [6, 6.07) is 0.520. The van der Waals surface area contributed by atoms with Gasteiger partial charge in [0, 0.05) is 26.2 Å². The van der Waals surface area contributed by atoms with Crippen LogP contribution in [0.25, 0.3) is 0 Å². The molecule has 1 aliphatic heterocycles. The Kier molecular flexibility index (Phi) is 4.48. The first-order valence-corrected chi connectivity index (χ1v) is 8.40. The Labute approximate surface area is 131 Å². The predicted octanol–water partition coefficient (Wildman–Crippen LogP) is 3.14. The van der Waals surface area contributed by atoms with Gasteiger partial charge in [-0.3, -0.25) is 0 Å². The zero-order valence-corrected chi connectivity index (χ0v) is 13.7. The maximum Gasteiger partial charge on any atom is 0.231 e. The molecule has 5 nitrogen and oxygen atoms in total. The summed E-state index contributed by atoms with van der Waals surface area (Å²) in [7, 11) is 2.08. The molecule has 1 saturated carbocycles. The normalized spacial score (nSPS) is 26.1. The van der Waals surface area contributed by atoms with Gasteiger partial charge in [-0.15, -0.1) is 0 Å². The van der Waals surface area contributed by atoms with E-state index in [2.05, 4.69) is 38.7 Å². The summed E-state index contributed by atoms with van der Waals surface area (Å²) in [5.41, 5.74) is 0. The summed E-state index contributed by atoms with van der Waals surface area (Å²) >= 11 is 6.12. The lowest BCUT2D eigenvalue weighted by atomic mass is 9.87. The molecule has 0 aromatic carbocycles. The first-order valence-electron chi connectivity index (χ1n) is 8.03. The van der Waals surface area contributed by atoms with Crippen LogP contribution in [0, 0.1) is 5.92 Å². The highest BCUT2D eigenvalue weighted by Crippen LogP contribution is 2.29. The van der Waals surface area contributed by atoms with E-state index in [4.69, 9.17) is 11.6 Å². The Hall–Kier alpha value is -1.10. The molecular weight excluding hydrogens is 286 g/mol. The molecule has 3 rings (SSSR count). The zero-order chi connectivity index (χ0) is 14.8. The van der Waals surface area contributed by atoms with Crippen molar-refractivity contribution in [3.63, 3.8) is 0 Å². The minimum atomic E-state index is 0.304. The highest BCUT2D eigenvalue weighted by molar-refractivity contribution is 6.28. The van der Waals surface area contributed by atoms with Crippen molar-refractivity contribution in [1.29, 1.82) is 0 Å². The third-order valence-corrected chi connectivity index (χ3v) is 4.99. The second-order valence-electron chi connectivity index (χ2n) is 6.42. The van der Waals surface area contributed by atoms with E-state index in [9.17, 15) is 0 Å². The Bertz CT molecular complexity index is 481. The van der Waals surface area contributed by atoms with E-state index < -0.39 is 0 Å². The van der Waals surface area contributed by atoms with E-state index in [0.717, 1.165) is 30.9 Å². The maximum absolute atomic E-state index is 6.12. The minimum Gasteiger partial charge on any atom is -0.341 e. The van der Waals surface area contributed by atoms with E-state index >= 15 is 0 Å². The van der Waals surface area contributed by atoms with Gasteiger partial charge in [0.25, 0.3) is 0 Å². The highest BCUT2D eigenvalue weighted by atomic mass is 35.5. The Morgan fingerprint density at radius 3 is 2.38 bits per heavy atom. The Morgan fingerprint density at radius 1 is 1.05 bits per heavy atom. The molecule has 1 aliphatic carbocycles. The van der Waals surface area contributed by atoms with Crippen molar-refractivity contribution in [2.24, 2.45) is 5.92 Å². The van der Waals surface area contributed by atoms with Crippen LogP contribution in [0.15, 0.2) is 0 Å². The molecule has 2 heterocycles. The molecule has 0 unspecified atom stereocenters. The van der Waals surface area contributed by atoms with Gasteiger partial charge in [-0.05, 0) is 56.0 Å². The molecule has 1 aromatic heterocycles. The Balaban J connectivity index is 1.77. The zero-order valence-electron chi connectivity index (χ0n) is 12.9. The summed E-state index contributed by atoms with van der Waals surface area (Å²) < 4.78 is 0. The fourth-order valence-electron chi connectivity index (χ4n) is 3.34. The molecule has 0 N–H and O–H groups in total. The first kappa shape index (κ1) is 14.8. The highest BCUT2D eigenvalue weighted by Gasteiger charge is 2.25. The summed E-state index contributed by atoms with van der Waals surface area (Å²) in [6.45, 7) is 4.37. The average Bonchev–Trinajstić information content (AvgIpc) is 3.01. The lowest BCUT2D eigenvalue weighted by molar-refractivity contribution is 0.339. The molecule has 0 spiro atoms. The minimum absolute atomic E-state index is 0.304. The Morgan fingerprint density at radius 2 is 1.71 bits per heavy atom. The SMILES string of the molecule is CC1CCC(N(C)c2nc(Cl)nc(N3CCCC3)n2)CC1. The molecular formula is C15H24ClN5. The number of nitrogens with zero attached hydrogens (tertiary/aromatic N) is 5. The third kappa shape index (κ3) is 3.39. The van der Waals surface area contributed by atoms with Crippen molar-refractivity contribution in [1.82, 2.24) is 15.0 Å². The van der Waals surface area contributed by atoms with Gasteiger partial charge < -0.3 is 9.80 Å². The molecule has 0 atom stereocenters.